The number of anilines is 1. The second-order valence-electron chi connectivity index (χ2n) is 5.37. The minimum Gasteiger partial charge on any atom is -0.395 e. The number of benzene rings is 1. The Balaban J connectivity index is 2.05. The van der Waals surface area contributed by atoms with E-state index >= 15 is 0 Å². The summed E-state index contributed by atoms with van der Waals surface area (Å²) >= 11 is 0. The van der Waals surface area contributed by atoms with Crippen molar-refractivity contribution in [1.82, 2.24) is 0 Å². The molecule has 0 spiro atoms. The number of aliphatic hydroxyl groups excluding tert-OH is 1. The molecule has 1 aliphatic rings. The molecular formula is C17H21NO2. The molecule has 0 radical (unpaired) electrons. The normalized spacial score (nSPS) is 14.1. The Bertz CT molecular complexity index is 536. The molecule has 2 N–H and O–H groups in total. The Morgan fingerprint density at radius 2 is 2.25 bits per heavy atom. The van der Waals surface area contributed by atoms with Gasteiger partial charge in [0, 0.05) is 18.4 Å². The van der Waals surface area contributed by atoms with E-state index in [1.54, 1.807) is 0 Å². The lowest BCUT2D eigenvalue weighted by Crippen LogP contribution is -2.21. The minimum atomic E-state index is 0.0577. The van der Waals surface area contributed by atoms with Crippen molar-refractivity contribution in [3.8, 4) is 11.8 Å². The van der Waals surface area contributed by atoms with Gasteiger partial charge in [0.05, 0.1) is 12.3 Å². The van der Waals surface area contributed by atoms with Gasteiger partial charge in [-0.25, -0.2) is 0 Å². The van der Waals surface area contributed by atoms with Crippen LogP contribution in [0.5, 0.6) is 0 Å². The van der Waals surface area contributed by atoms with Crippen molar-refractivity contribution in [1.29, 1.82) is 0 Å². The lowest BCUT2D eigenvalue weighted by Gasteiger charge is -2.24. The van der Waals surface area contributed by atoms with Gasteiger partial charge in [-0.2, -0.15) is 0 Å². The molecule has 0 aliphatic heterocycles. The van der Waals surface area contributed by atoms with Crippen molar-refractivity contribution in [2.75, 3.05) is 11.9 Å². The average Bonchev–Trinajstić information content (AvgIpc) is 2.37. The molecule has 0 aromatic heterocycles. The first kappa shape index (κ1) is 14.6. The van der Waals surface area contributed by atoms with Crippen LogP contribution in [-0.4, -0.2) is 17.6 Å². The largest absolute Gasteiger partial charge is 0.395 e. The minimum absolute atomic E-state index is 0.0577. The first-order valence-corrected chi connectivity index (χ1v) is 7.19. The van der Waals surface area contributed by atoms with E-state index in [0.717, 1.165) is 16.8 Å². The number of carbonyl (C=O) groups excluding carboxylic acids is 1. The molecule has 1 aromatic carbocycles. The van der Waals surface area contributed by atoms with Crippen LogP contribution in [0, 0.1) is 24.7 Å². The number of rotatable bonds is 4. The van der Waals surface area contributed by atoms with E-state index in [0.29, 0.717) is 18.8 Å². The van der Waals surface area contributed by atoms with Crippen LogP contribution < -0.4 is 5.32 Å². The lowest BCUT2D eigenvalue weighted by atomic mass is 9.83. The summed E-state index contributed by atoms with van der Waals surface area (Å²) in [5.74, 6) is 6.55. The topological polar surface area (TPSA) is 49.3 Å². The zero-order valence-corrected chi connectivity index (χ0v) is 11.9. The number of aliphatic hydroxyl groups is 1. The molecule has 0 atom stereocenters. The molecule has 1 aromatic rings. The standard InChI is InChI=1S/C17H21NO2/c1-13-8-9-16(15(11-13)7-2-3-10-19)18-17(20)12-14-5-4-6-14/h8-9,11,14,19H,3-6,10,12H2,1H3,(H,18,20). The molecule has 0 bridgehead atoms. The zero-order chi connectivity index (χ0) is 14.4. The number of nitrogens with one attached hydrogen (secondary N) is 1. The highest BCUT2D eigenvalue weighted by molar-refractivity contribution is 5.92. The fourth-order valence-electron chi connectivity index (χ4n) is 2.24. The Hall–Kier alpha value is -1.79. The maximum Gasteiger partial charge on any atom is 0.224 e. The lowest BCUT2D eigenvalue weighted by molar-refractivity contribution is -0.117. The van der Waals surface area contributed by atoms with Crippen LogP contribution in [0.3, 0.4) is 0 Å². The number of aryl methyl sites for hydroxylation is 1. The van der Waals surface area contributed by atoms with Gasteiger partial charge < -0.3 is 10.4 Å². The predicted molar refractivity (Wildman–Crippen MR) is 80.3 cm³/mol. The van der Waals surface area contributed by atoms with Crippen LogP contribution in [-0.2, 0) is 4.79 Å². The van der Waals surface area contributed by atoms with Gasteiger partial charge in [-0.15, -0.1) is 0 Å². The monoisotopic (exact) mass is 271 g/mol. The second-order valence-corrected chi connectivity index (χ2v) is 5.37. The highest BCUT2D eigenvalue weighted by atomic mass is 16.2. The first-order valence-electron chi connectivity index (χ1n) is 7.19. The van der Waals surface area contributed by atoms with Crippen molar-refractivity contribution in [3.05, 3.63) is 29.3 Å². The van der Waals surface area contributed by atoms with Crippen molar-refractivity contribution in [2.24, 2.45) is 5.92 Å². The number of carbonyl (C=O) groups is 1. The Labute approximate surface area is 120 Å². The fraction of sp³-hybridized carbons (Fsp3) is 0.471. The van der Waals surface area contributed by atoms with Crippen LogP contribution in [0.2, 0.25) is 0 Å². The first-order chi connectivity index (χ1) is 9.69. The third-order valence-corrected chi connectivity index (χ3v) is 3.61. The molecule has 0 unspecified atom stereocenters. The van der Waals surface area contributed by atoms with Gasteiger partial charge in [0.25, 0.3) is 0 Å². The summed E-state index contributed by atoms with van der Waals surface area (Å²) in [5.41, 5.74) is 2.70. The van der Waals surface area contributed by atoms with E-state index in [-0.39, 0.29) is 12.5 Å². The molecule has 0 heterocycles. The van der Waals surface area contributed by atoms with Crippen LogP contribution in [0.25, 0.3) is 0 Å². The SMILES string of the molecule is Cc1ccc(NC(=O)CC2CCC2)c(C#CCCO)c1. The van der Waals surface area contributed by atoms with Gasteiger partial charge in [0.2, 0.25) is 5.91 Å². The summed E-state index contributed by atoms with van der Waals surface area (Å²) in [5, 5.41) is 11.7. The van der Waals surface area contributed by atoms with E-state index in [9.17, 15) is 4.79 Å². The number of hydrogen-bond donors (Lipinski definition) is 2. The van der Waals surface area contributed by atoms with Crippen molar-refractivity contribution in [3.63, 3.8) is 0 Å². The molecule has 0 saturated heterocycles. The second kappa shape index (κ2) is 7.12. The maximum atomic E-state index is 12.0. The van der Waals surface area contributed by atoms with E-state index < -0.39 is 0 Å². The highest BCUT2D eigenvalue weighted by Gasteiger charge is 2.20. The van der Waals surface area contributed by atoms with Crippen molar-refractivity contribution < 1.29 is 9.90 Å². The molecule has 2 rings (SSSR count). The van der Waals surface area contributed by atoms with Crippen LogP contribution in [0.4, 0.5) is 5.69 Å². The zero-order valence-electron chi connectivity index (χ0n) is 11.9. The summed E-state index contributed by atoms with van der Waals surface area (Å²) in [4.78, 5) is 12.0. The number of amides is 1. The molecule has 20 heavy (non-hydrogen) atoms. The van der Waals surface area contributed by atoms with E-state index in [4.69, 9.17) is 5.11 Å². The van der Waals surface area contributed by atoms with Crippen LogP contribution in [0.15, 0.2) is 18.2 Å². The molecule has 1 amide bonds. The number of hydrogen-bond acceptors (Lipinski definition) is 2. The van der Waals surface area contributed by atoms with Gasteiger partial charge in [0.1, 0.15) is 0 Å². The summed E-state index contributed by atoms with van der Waals surface area (Å²) in [6, 6.07) is 5.83. The molecule has 3 heteroatoms. The van der Waals surface area contributed by atoms with Crippen molar-refractivity contribution in [2.45, 2.75) is 39.0 Å². The van der Waals surface area contributed by atoms with Gasteiger partial charge in [-0.05, 0) is 43.4 Å². The van der Waals surface area contributed by atoms with E-state index in [1.807, 2.05) is 25.1 Å². The third-order valence-electron chi connectivity index (χ3n) is 3.61. The van der Waals surface area contributed by atoms with Crippen LogP contribution >= 0.6 is 0 Å². The Morgan fingerprint density at radius 3 is 2.90 bits per heavy atom. The van der Waals surface area contributed by atoms with Gasteiger partial charge in [-0.3, -0.25) is 4.79 Å². The quantitative estimate of drug-likeness (QED) is 0.827. The van der Waals surface area contributed by atoms with Crippen molar-refractivity contribution >= 4 is 11.6 Å². The van der Waals surface area contributed by atoms with Gasteiger partial charge in [0.15, 0.2) is 0 Å². The van der Waals surface area contributed by atoms with Crippen LogP contribution in [0.1, 0.15) is 43.2 Å². The molecule has 3 nitrogen and oxygen atoms in total. The fourth-order valence-corrected chi connectivity index (χ4v) is 2.24. The average molecular weight is 271 g/mol. The summed E-state index contributed by atoms with van der Waals surface area (Å²) < 4.78 is 0. The maximum absolute atomic E-state index is 12.0. The molecule has 1 fully saturated rings. The molecule has 106 valence electrons. The summed E-state index contributed by atoms with van der Waals surface area (Å²) in [6.07, 6.45) is 4.65. The molecular weight excluding hydrogens is 250 g/mol. The van der Waals surface area contributed by atoms with E-state index in [2.05, 4.69) is 17.2 Å². The van der Waals surface area contributed by atoms with Gasteiger partial charge >= 0.3 is 0 Å². The third kappa shape index (κ3) is 4.11. The highest BCUT2D eigenvalue weighted by Crippen LogP contribution is 2.29. The van der Waals surface area contributed by atoms with E-state index in [1.165, 1.54) is 19.3 Å². The summed E-state index contributed by atoms with van der Waals surface area (Å²) in [6.45, 7) is 2.05. The van der Waals surface area contributed by atoms with Gasteiger partial charge in [-0.1, -0.05) is 24.3 Å². The Morgan fingerprint density at radius 1 is 1.45 bits per heavy atom. The molecule has 1 aliphatic carbocycles. The molecule has 1 saturated carbocycles. The Kier molecular flexibility index (Phi) is 5.20. The summed E-state index contributed by atoms with van der Waals surface area (Å²) in [7, 11) is 0. The predicted octanol–water partition coefficient (Wildman–Crippen LogP) is 2.86. The smallest absolute Gasteiger partial charge is 0.224 e.